The van der Waals surface area contributed by atoms with Gasteiger partial charge in [0, 0.05) is 6.54 Å². The summed E-state index contributed by atoms with van der Waals surface area (Å²) in [4.78, 5) is 27.5. The first-order valence-electron chi connectivity index (χ1n) is 12.9. The highest BCUT2D eigenvalue weighted by Crippen LogP contribution is 2.49. The second kappa shape index (κ2) is 11.5. The Hall–Kier alpha value is -5.18. The second-order valence-electron chi connectivity index (χ2n) is 9.51. The van der Waals surface area contributed by atoms with E-state index >= 15 is 0 Å². The van der Waals surface area contributed by atoms with Crippen LogP contribution in [0.15, 0.2) is 78.9 Å². The first-order chi connectivity index (χ1) is 19.8. The van der Waals surface area contributed by atoms with Gasteiger partial charge >= 0.3 is 5.97 Å². The highest BCUT2D eigenvalue weighted by molar-refractivity contribution is 6.04. The molecule has 0 saturated heterocycles. The standard InChI is InChI=1S/C32H30N2O7/c1-19-10-15-23(32(36)37)25(16-19)41-22-13-11-21(12-14-22)30-33-27-24(17-26(38-2)28(39-3)29(27)40-4)31(35)34(30)18-20-8-6-5-7-9-20/h5-17,30,33H,18H2,1-4H3,(H,36,37). The third-order valence-electron chi connectivity index (χ3n) is 6.90. The average Bonchev–Trinajstić information content (AvgIpc) is 2.98. The van der Waals surface area contributed by atoms with Crippen LogP contribution >= 0.6 is 0 Å². The van der Waals surface area contributed by atoms with E-state index in [-0.39, 0.29) is 17.2 Å². The van der Waals surface area contributed by atoms with Crippen molar-refractivity contribution < 1.29 is 33.6 Å². The minimum absolute atomic E-state index is 0.0707. The summed E-state index contributed by atoms with van der Waals surface area (Å²) >= 11 is 0. The van der Waals surface area contributed by atoms with Gasteiger partial charge in [0.05, 0.1) is 32.6 Å². The second-order valence-corrected chi connectivity index (χ2v) is 9.51. The Morgan fingerprint density at radius 3 is 2.22 bits per heavy atom. The molecule has 0 aromatic heterocycles. The van der Waals surface area contributed by atoms with Crippen molar-refractivity contribution in [2.45, 2.75) is 19.6 Å². The number of nitrogens with zero attached hydrogens (tertiary/aromatic N) is 1. The molecule has 1 aliphatic heterocycles. The van der Waals surface area contributed by atoms with Crippen molar-refractivity contribution >= 4 is 17.6 Å². The molecule has 1 heterocycles. The van der Waals surface area contributed by atoms with Crippen LogP contribution in [-0.2, 0) is 6.54 Å². The van der Waals surface area contributed by atoms with Gasteiger partial charge in [-0.15, -0.1) is 0 Å². The van der Waals surface area contributed by atoms with Crippen molar-refractivity contribution in [1.82, 2.24) is 4.90 Å². The lowest BCUT2D eigenvalue weighted by Crippen LogP contribution is -2.42. The largest absolute Gasteiger partial charge is 0.493 e. The number of aromatic carboxylic acids is 1. The minimum atomic E-state index is -1.07. The number of benzene rings is 4. The molecule has 1 amide bonds. The van der Waals surface area contributed by atoms with Gasteiger partial charge in [-0.25, -0.2) is 4.79 Å². The molecule has 9 nitrogen and oxygen atoms in total. The van der Waals surface area contributed by atoms with Crippen LogP contribution in [0, 0.1) is 6.92 Å². The summed E-state index contributed by atoms with van der Waals surface area (Å²) in [5, 5.41) is 13.1. The highest BCUT2D eigenvalue weighted by atomic mass is 16.5. The molecule has 210 valence electrons. The van der Waals surface area contributed by atoms with E-state index in [1.54, 1.807) is 35.2 Å². The zero-order chi connectivity index (χ0) is 29.1. The summed E-state index contributed by atoms with van der Waals surface area (Å²) in [5.41, 5.74) is 3.59. The fourth-order valence-electron chi connectivity index (χ4n) is 4.90. The Kier molecular flexibility index (Phi) is 7.69. The van der Waals surface area contributed by atoms with Gasteiger partial charge < -0.3 is 34.3 Å². The predicted molar refractivity (Wildman–Crippen MR) is 153 cm³/mol. The van der Waals surface area contributed by atoms with E-state index in [9.17, 15) is 14.7 Å². The van der Waals surface area contributed by atoms with Crippen molar-refractivity contribution in [3.8, 4) is 28.7 Å². The van der Waals surface area contributed by atoms with Gasteiger partial charge in [-0.2, -0.15) is 0 Å². The summed E-state index contributed by atoms with van der Waals surface area (Å²) in [6.45, 7) is 2.21. The summed E-state index contributed by atoms with van der Waals surface area (Å²) in [7, 11) is 4.53. The first kappa shape index (κ1) is 27.4. The fraction of sp³-hybridized carbons (Fsp3) is 0.188. The van der Waals surface area contributed by atoms with Crippen LogP contribution in [0.4, 0.5) is 5.69 Å². The number of carbonyl (C=O) groups excluding carboxylic acids is 1. The normalized spacial score (nSPS) is 14.1. The number of hydrogen-bond acceptors (Lipinski definition) is 7. The van der Waals surface area contributed by atoms with E-state index in [0.29, 0.717) is 40.8 Å². The topological polar surface area (TPSA) is 107 Å². The number of ether oxygens (including phenoxy) is 4. The predicted octanol–water partition coefficient (Wildman–Crippen LogP) is 6.28. The molecule has 0 fully saturated rings. The van der Waals surface area contributed by atoms with E-state index < -0.39 is 12.1 Å². The molecule has 0 saturated carbocycles. The van der Waals surface area contributed by atoms with Crippen LogP contribution in [0.5, 0.6) is 28.7 Å². The first-order valence-corrected chi connectivity index (χ1v) is 12.9. The minimum Gasteiger partial charge on any atom is -0.493 e. The number of rotatable bonds is 9. The van der Waals surface area contributed by atoms with Crippen LogP contribution in [-0.4, -0.2) is 43.2 Å². The van der Waals surface area contributed by atoms with Gasteiger partial charge in [0.15, 0.2) is 11.5 Å². The van der Waals surface area contributed by atoms with Gasteiger partial charge in [-0.3, -0.25) is 4.79 Å². The van der Waals surface area contributed by atoms with Crippen LogP contribution in [0.2, 0.25) is 0 Å². The number of hydrogen-bond donors (Lipinski definition) is 2. The zero-order valence-electron chi connectivity index (χ0n) is 23.1. The molecule has 9 heteroatoms. The summed E-state index contributed by atoms with van der Waals surface area (Å²) in [6.07, 6.45) is -0.565. The number of carboxylic acids is 1. The van der Waals surface area contributed by atoms with Gasteiger partial charge in [0.25, 0.3) is 5.91 Å². The van der Waals surface area contributed by atoms with E-state index in [1.165, 1.54) is 27.4 Å². The van der Waals surface area contributed by atoms with E-state index in [4.69, 9.17) is 18.9 Å². The Morgan fingerprint density at radius 1 is 0.878 bits per heavy atom. The van der Waals surface area contributed by atoms with Gasteiger partial charge in [0.2, 0.25) is 5.75 Å². The molecule has 4 aromatic carbocycles. The number of methoxy groups -OCH3 is 3. The molecule has 1 unspecified atom stereocenters. The molecular formula is C32H30N2O7. The maximum Gasteiger partial charge on any atom is 0.339 e. The molecule has 1 aliphatic rings. The van der Waals surface area contributed by atoms with Crippen molar-refractivity contribution in [3.05, 3.63) is 107 Å². The smallest absolute Gasteiger partial charge is 0.339 e. The number of fused-ring (bicyclic) bond motifs is 1. The molecule has 1 atom stereocenters. The van der Waals surface area contributed by atoms with Gasteiger partial charge in [-0.05, 0) is 53.9 Å². The lowest BCUT2D eigenvalue weighted by molar-refractivity contribution is 0.0662. The van der Waals surface area contributed by atoms with E-state index in [0.717, 1.165) is 16.7 Å². The molecule has 0 bridgehead atoms. The molecular weight excluding hydrogens is 524 g/mol. The Balaban J connectivity index is 1.54. The molecule has 41 heavy (non-hydrogen) atoms. The quantitative estimate of drug-likeness (QED) is 0.249. The Labute approximate surface area is 237 Å². The van der Waals surface area contributed by atoms with Crippen molar-refractivity contribution in [1.29, 1.82) is 0 Å². The van der Waals surface area contributed by atoms with Crippen molar-refractivity contribution in [2.24, 2.45) is 0 Å². The van der Waals surface area contributed by atoms with Crippen LogP contribution in [0.3, 0.4) is 0 Å². The number of carbonyl (C=O) groups is 2. The zero-order valence-corrected chi connectivity index (χ0v) is 23.1. The number of carboxylic acid groups (broad SMARTS) is 1. The SMILES string of the molecule is COc1cc2c(c(OC)c1OC)NC(c1ccc(Oc3cc(C)ccc3C(=O)O)cc1)N(Cc1ccccc1)C2=O. The molecule has 0 radical (unpaired) electrons. The van der Waals surface area contributed by atoms with Crippen molar-refractivity contribution in [2.75, 3.05) is 26.6 Å². The lowest BCUT2D eigenvalue weighted by Gasteiger charge is -2.39. The number of aryl methyl sites for hydroxylation is 1. The molecule has 0 spiro atoms. The monoisotopic (exact) mass is 554 g/mol. The Morgan fingerprint density at radius 2 is 1.59 bits per heavy atom. The van der Waals surface area contributed by atoms with Crippen LogP contribution in [0.1, 0.15) is 43.6 Å². The fourth-order valence-corrected chi connectivity index (χ4v) is 4.90. The number of nitrogens with one attached hydrogen (secondary N) is 1. The van der Waals surface area contributed by atoms with E-state index in [2.05, 4.69) is 5.32 Å². The average molecular weight is 555 g/mol. The molecule has 4 aromatic rings. The van der Waals surface area contributed by atoms with E-state index in [1.807, 2.05) is 49.4 Å². The van der Waals surface area contributed by atoms with Gasteiger partial charge in [-0.1, -0.05) is 48.5 Å². The number of anilines is 1. The summed E-state index contributed by atoms with van der Waals surface area (Å²) in [6, 6.07) is 23.5. The maximum absolute atomic E-state index is 14.0. The van der Waals surface area contributed by atoms with Gasteiger partial charge in [0.1, 0.15) is 23.2 Å². The lowest BCUT2D eigenvalue weighted by atomic mass is 10.0. The molecule has 2 N–H and O–H groups in total. The number of amides is 1. The summed E-state index contributed by atoms with van der Waals surface area (Å²) in [5.74, 6) is 0.552. The molecule has 0 aliphatic carbocycles. The summed E-state index contributed by atoms with van der Waals surface area (Å²) < 4.78 is 22.7. The van der Waals surface area contributed by atoms with Crippen LogP contribution < -0.4 is 24.3 Å². The third kappa shape index (κ3) is 5.34. The third-order valence-corrected chi connectivity index (χ3v) is 6.90. The highest BCUT2D eigenvalue weighted by Gasteiger charge is 2.37. The van der Waals surface area contributed by atoms with Crippen LogP contribution in [0.25, 0.3) is 0 Å². The van der Waals surface area contributed by atoms with Crippen molar-refractivity contribution in [3.63, 3.8) is 0 Å². The Bertz CT molecular complexity index is 1590. The maximum atomic E-state index is 14.0. The molecule has 5 rings (SSSR count).